The molecule has 0 saturated carbocycles. The molecule has 0 aliphatic rings. The van der Waals surface area contributed by atoms with Crippen molar-refractivity contribution in [3.05, 3.63) is 36.0 Å². The van der Waals surface area contributed by atoms with Crippen LogP contribution in [0.25, 0.3) is 10.9 Å². The van der Waals surface area contributed by atoms with Crippen LogP contribution >= 0.6 is 0 Å². The fourth-order valence-electron chi connectivity index (χ4n) is 1.68. The van der Waals surface area contributed by atoms with Gasteiger partial charge in [-0.15, -0.1) is 0 Å². The van der Waals surface area contributed by atoms with Crippen molar-refractivity contribution in [3.63, 3.8) is 0 Å². The number of hydrogen-bond donors (Lipinski definition) is 2. The fourth-order valence-corrected chi connectivity index (χ4v) is 1.68. The van der Waals surface area contributed by atoms with Crippen molar-refractivity contribution in [3.8, 4) is 6.07 Å². The van der Waals surface area contributed by atoms with Crippen molar-refractivity contribution < 1.29 is 0 Å². The van der Waals surface area contributed by atoms with Gasteiger partial charge in [-0.05, 0) is 13.0 Å². The number of aromatic nitrogens is 1. The number of benzene rings is 1. The first-order valence-corrected chi connectivity index (χ1v) is 5.49. The third kappa shape index (κ3) is 2.35. The zero-order valence-corrected chi connectivity index (χ0v) is 9.64. The lowest BCUT2D eigenvalue weighted by Crippen LogP contribution is -2.25. The van der Waals surface area contributed by atoms with Gasteiger partial charge in [-0.25, -0.2) is 0 Å². The molecule has 1 heterocycles. The zero-order chi connectivity index (χ0) is 12.3. The molecule has 17 heavy (non-hydrogen) atoms. The van der Waals surface area contributed by atoms with Crippen molar-refractivity contribution in [2.75, 3.05) is 11.9 Å². The second-order valence-electron chi connectivity index (χ2n) is 4.03. The Morgan fingerprint density at radius 1 is 1.47 bits per heavy atom. The lowest BCUT2D eigenvalue weighted by molar-refractivity contribution is 0.780. The summed E-state index contributed by atoms with van der Waals surface area (Å²) in [4.78, 5) is 4.25. The van der Waals surface area contributed by atoms with Gasteiger partial charge in [0.25, 0.3) is 0 Å². The van der Waals surface area contributed by atoms with E-state index in [4.69, 9.17) is 11.0 Å². The van der Waals surface area contributed by atoms with Crippen molar-refractivity contribution in [2.24, 2.45) is 5.73 Å². The number of anilines is 1. The number of hydrogen-bond acceptors (Lipinski definition) is 4. The molecule has 86 valence electrons. The smallest absolute Gasteiger partial charge is 0.103 e. The number of nitrogens with zero attached hydrogens (tertiary/aromatic N) is 2. The molecule has 0 radical (unpaired) electrons. The van der Waals surface area contributed by atoms with Crippen LogP contribution in [0.2, 0.25) is 0 Å². The molecule has 2 rings (SSSR count). The molecule has 0 saturated heterocycles. The number of nitriles is 1. The summed E-state index contributed by atoms with van der Waals surface area (Å²) in [5, 5.41) is 13.3. The van der Waals surface area contributed by atoms with Crippen molar-refractivity contribution in [1.29, 1.82) is 5.26 Å². The fraction of sp³-hybridized carbons (Fsp3) is 0.231. The summed E-state index contributed by atoms with van der Waals surface area (Å²) in [6, 6.07) is 9.92. The van der Waals surface area contributed by atoms with E-state index in [1.165, 1.54) is 0 Å². The summed E-state index contributed by atoms with van der Waals surface area (Å²) >= 11 is 0. The monoisotopic (exact) mass is 226 g/mol. The molecule has 3 N–H and O–H groups in total. The maximum atomic E-state index is 9.08. The van der Waals surface area contributed by atoms with Gasteiger partial charge in [0, 0.05) is 24.2 Å². The molecule has 2 aromatic rings. The highest BCUT2D eigenvalue weighted by Gasteiger charge is 2.08. The first kappa shape index (κ1) is 11.4. The molecular formula is C13H14N4. The molecule has 1 unspecified atom stereocenters. The number of nitrogens with two attached hydrogens (primary N) is 1. The largest absolute Gasteiger partial charge is 0.382 e. The van der Waals surface area contributed by atoms with Crippen LogP contribution in [0.4, 0.5) is 5.69 Å². The van der Waals surface area contributed by atoms with Gasteiger partial charge < -0.3 is 11.1 Å². The molecule has 0 aliphatic heterocycles. The number of fused-ring (bicyclic) bond motifs is 1. The van der Waals surface area contributed by atoms with Crippen molar-refractivity contribution in [2.45, 2.75) is 13.0 Å². The summed E-state index contributed by atoms with van der Waals surface area (Å²) in [6.45, 7) is 2.55. The zero-order valence-electron chi connectivity index (χ0n) is 9.64. The number of nitrogens with one attached hydrogen (secondary N) is 1. The summed E-state index contributed by atoms with van der Waals surface area (Å²) in [5.41, 5.74) is 7.95. The molecule has 1 aromatic carbocycles. The highest BCUT2D eigenvalue weighted by molar-refractivity contribution is 5.93. The van der Waals surface area contributed by atoms with E-state index in [1.807, 2.05) is 31.2 Å². The predicted octanol–water partition coefficient (Wildman–Crippen LogP) is 1.87. The molecule has 1 aromatic heterocycles. The first-order chi connectivity index (χ1) is 8.22. The topological polar surface area (TPSA) is 74.7 Å². The molecule has 0 bridgehead atoms. The lowest BCUT2D eigenvalue weighted by atomic mass is 10.1. The van der Waals surface area contributed by atoms with Crippen LogP contribution in [-0.4, -0.2) is 17.6 Å². The molecule has 0 aliphatic carbocycles. The van der Waals surface area contributed by atoms with E-state index in [0.717, 1.165) is 16.6 Å². The molecule has 4 heteroatoms. The minimum absolute atomic E-state index is 0.0356. The lowest BCUT2D eigenvalue weighted by Gasteiger charge is -2.12. The molecule has 4 nitrogen and oxygen atoms in total. The van der Waals surface area contributed by atoms with Crippen LogP contribution in [0.3, 0.4) is 0 Å². The van der Waals surface area contributed by atoms with Crippen LogP contribution in [-0.2, 0) is 0 Å². The van der Waals surface area contributed by atoms with E-state index in [1.54, 1.807) is 6.20 Å². The SMILES string of the molecule is CC(N)CNc1c(C#N)cnc2ccccc12. The summed E-state index contributed by atoms with van der Waals surface area (Å²) in [5.74, 6) is 0. The summed E-state index contributed by atoms with van der Waals surface area (Å²) < 4.78 is 0. The number of para-hydroxylation sites is 1. The van der Waals surface area contributed by atoms with Gasteiger partial charge in [-0.2, -0.15) is 5.26 Å². The van der Waals surface area contributed by atoms with E-state index in [0.29, 0.717) is 12.1 Å². The standard InChI is InChI=1S/C13H14N4/c1-9(15)7-17-13-10(6-14)8-16-12-5-3-2-4-11(12)13/h2-5,8-9H,7,15H2,1H3,(H,16,17). The second kappa shape index (κ2) is 4.81. The van der Waals surface area contributed by atoms with Crippen molar-refractivity contribution in [1.82, 2.24) is 4.98 Å². The molecule has 0 fully saturated rings. The van der Waals surface area contributed by atoms with Crippen LogP contribution in [0.1, 0.15) is 12.5 Å². The Morgan fingerprint density at radius 3 is 2.94 bits per heavy atom. The van der Waals surface area contributed by atoms with Gasteiger partial charge in [-0.3, -0.25) is 4.98 Å². The normalized spacial score (nSPS) is 12.1. The average molecular weight is 226 g/mol. The maximum absolute atomic E-state index is 9.08. The Kier molecular flexibility index (Phi) is 3.22. The van der Waals surface area contributed by atoms with Crippen LogP contribution in [0, 0.1) is 11.3 Å². The minimum atomic E-state index is 0.0356. The summed E-state index contributed by atoms with van der Waals surface area (Å²) in [7, 11) is 0. The Labute approximate surface area is 100 Å². The van der Waals surface area contributed by atoms with Gasteiger partial charge in [0.05, 0.1) is 16.8 Å². The minimum Gasteiger partial charge on any atom is -0.382 e. The molecule has 1 atom stereocenters. The van der Waals surface area contributed by atoms with E-state index < -0.39 is 0 Å². The van der Waals surface area contributed by atoms with Crippen molar-refractivity contribution >= 4 is 16.6 Å². The Hall–Kier alpha value is -2.12. The first-order valence-electron chi connectivity index (χ1n) is 5.49. The average Bonchev–Trinajstić information content (AvgIpc) is 2.35. The van der Waals surface area contributed by atoms with Gasteiger partial charge in [0.2, 0.25) is 0 Å². The van der Waals surface area contributed by atoms with Gasteiger partial charge in [0.15, 0.2) is 0 Å². The third-order valence-corrected chi connectivity index (χ3v) is 2.50. The van der Waals surface area contributed by atoms with Gasteiger partial charge in [-0.1, -0.05) is 18.2 Å². The molecule has 0 amide bonds. The van der Waals surface area contributed by atoms with Gasteiger partial charge in [0.1, 0.15) is 6.07 Å². The van der Waals surface area contributed by atoms with Crippen LogP contribution < -0.4 is 11.1 Å². The Bertz CT molecular complexity index is 569. The van der Waals surface area contributed by atoms with Crippen LogP contribution in [0.15, 0.2) is 30.5 Å². The highest BCUT2D eigenvalue weighted by Crippen LogP contribution is 2.24. The number of pyridine rings is 1. The molecule has 0 spiro atoms. The van der Waals surface area contributed by atoms with E-state index in [2.05, 4.69) is 16.4 Å². The second-order valence-corrected chi connectivity index (χ2v) is 4.03. The Morgan fingerprint density at radius 2 is 2.24 bits per heavy atom. The van der Waals surface area contributed by atoms with Crippen LogP contribution in [0.5, 0.6) is 0 Å². The maximum Gasteiger partial charge on any atom is 0.103 e. The third-order valence-electron chi connectivity index (χ3n) is 2.50. The van der Waals surface area contributed by atoms with E-state index in [9.17, 15) is 0 Å². The Balaban J connectivity index is 2.52. The predicted molar refractivity (Wildman–Crippen MR) is 68.6 cm³/mol. The van der Waals surface area contributed by atoms with E-state index in [-0.39, 0.29) is 6.04 Å². The highest BCUT2D eigenvalue weighted by atomic mass is 14.9. The summed E-state index contributed by atoms with van der Waals surface area (Å²) in [6.07, 6.45) is 1.59. The van der Waals surface area contributed by atoms with Gasteiger partial charge >= 0.3 is 0 Å². The number of rotatable bonds is 3. The molecular weight excluding hydrogens is 212 g/mol. The quantitative estimate of drug-likeness (QED) is 0.837. The van der Waals surface area contributed by atoms with E-state index >= 15 is 0 Å².